The number of rotatable bonds is 6. The molecular formula is C28H32N6O2S. The number of nitrogens with one attached hydrogen (secondary N) is 1. The van der Waals surface area contributed by atoms with Crippen molar-refractivity contribution in [1.82, 2.24) is 23.8 Å². The Morgan fingerprint density at radius 1 is 0.919 bits per heavy atom. The van der Waals surface area contributed by atoms with E-state index in [4.69, 9.17) is 5.10 Å². The lowest BCUT2D eigenvalue weighted by atomic mass is 9.89. The Kier molecular flexibility index (Phi) is 6.44. The molecule has 0 spiro atoms. The van der Waals surface area contributed by atoms with Crippen molar-refractivity contribution in [2.24, 2.45) is 0 Å². The Morgan fingerprint density at radius 3 is 2.43 bits per heavy atom. The van der Waals surface area contributed by atoms with Crippen LogP contribution in [0.1, 0.15) is 37.2 Å². The molecule has 0 aliphatic carbocycles. The van der Waals surface area contributed by atoms with Crippen LogP contribution >= 0.6 is 0 Å². The monoisotopic (exact) mass is 516 g/mol. The maximum atomic E-state index is 13.1. The van der Waals surface area contributed by atoms with E-state index in [1.54, 1.807) is 28.7 Å². The molecule has 9 heteroatoms. The van der Waals surface area contributed by atoms with E-state index in [9.17, 15) is 8.42 Å². The molecule has 0 amide bonds. The maximum Gasteiger partial charge on any atom is 0.245 e. The molecule has 0 bridgehead atoms. The van der Waals surface area contributed by atoms with E-state index in [0.29, 0.717) is 29.9 Å². The summed E-state index contributed by atoms with van der Waals surface area (Å²) in [5.41, 5.74) is 4.77. The first-order valence-electron chi connectivity index (χ1n) is 13.0. The van der Waals surface area contributed by atoms with Crippen LogP contribution in [0.5, 0.6) is 0 Å². The van der Waals surface area contributed by atoms with Gasteiger partial charge in [-0.2, -0.15) is 4.31 Å². The summed E-state index contributed by atoms with van der Waals surface area (Å²) in [7, 11) is -1.31. The van der Waals surface area contributed by atoms with E-state index in [0.717, 1.165) is 48.4 Å². The van der Waals surface area contributed by atoms with Crippen molar-refractivity contribution in [2.75, 3.05) is 38.5 Å². The molecule has 2 aromatic carbocycles. The lowest BCUT2D eigenvalue weighted by Crippen LogP contribution is -2.29. The average Bonchev–Trinajstić information content (AvgIpc) is 3.61. The number of benzene rings is 2. The van der Waals surface area contributed by atoms with Crippen LogP contribution in [0.2, 0.25) is 0 Å². The number of likely N-dealkylation sites (tertiary alicyclic amines) is 1. The van der Waals surface area contributed by atoms with Crippen LogP contribution in [-0.2, 0) is 10.0 Å². The Balaban J connectivity index is 1.24. The predicted molar refractivity (Wildman–Crippen MR) is 146 cm³/mol. The van der Waals surface area contributed by atoms with Crippen LogP contribution < -0.4 is 5.32 Å². The Bertz CT molecular complexity index is 1500. The van der Waals surface area contributed by atoms with Crippen LogP contribution in [0.3, 0.4) is 0 Å². The summed E-state index contributed by atoms with van der Waals surface area (Å²) in [5.74, 6) is 1.10. The van der Waals surface area contributed by atoms with Gasteiger partial charge < -0.3 is 10.2 Å². The van der Waals surface area contributed by atoms with Crippen molar-refractivity contribution >= 4 is 27.2 Å². The topological polar surface area (TPSA) is 82.8 Å². The molecular weight excluding hydrogens is 484 g/mol. The highest BCUT2D eigenvalue weighted by Gasteiger charge is 2.27. The number of fused-ring (bicyclic) bond motifs is 1. The highest BCUT2D eigenvalue weighted by Crippen LogP contribution is 2.30. The fraction of sp³-hybridized carbons (Fsp3) is 0.357. The van der Waals surface area contributed by atoms with Gasteiger partial charge in [-0.1, -0.05) is 24.3 Å². The summed E-state index contributed by atoms with van der Waals surface area (Å²) in [4.78, 5) is 7.19. The maximum absolute atomic E-state index is 13.1. The zero-order valence-corrected chi connectivity index (χ0v) is 21.9. The van der Waals surface area contributed by atoms with E-state index >= 15 is 0 Å². The quantitative estimate of drug-likeness (QED) is 0.399. The molecule has 192 valence electrons. The number of nitrogens with zero attached hydrogens (tertiary/aromatic N) is 5. The predicted octanol–water partition coefficient (Wildman–Crippen LogP) is 4.73. The first-order chi connectivity index (χ1) is 18.0. The molecule has 0 saturated carbocycles. The molecule has 37 heavy (non-hydrogen) atoms. The molecule has 6 rings (SSSR count). The standard InChI is InChI=1S/C28H32N6O2S/c1-32-17-13-22(14-18-32)21-7-9-24(10-8-21)30-28-29-20-25-11-12-27(34(25)31-28)23-5-4-6-26(19-23)37(35,36)33-15-2-3-16-33/h4-12,19-20,22H,2-3,13-18H2,1H3,(H,30,31). The molecule has 0 atom stereocenters. The van der Waals surface area contributed by atoms with Crippen molar-refractivity contribution in [3.8, 4) is 11.3 Å². The van der Waals surface area contributed by atoms with E-state index in [1.165, 1.54) is 18.4 Å². The number of hydrogen-bond acceptors (Lipinski definition) is 6. The second-order valence-corrected chi connectivity index (χ2v) is 12.0. The van der Waals surface area contributed by atoms with Crippen LogP contribution in [0, 0.1) is 0 Å². The van der Waals surface area contributed by atoms with Gasteiger partial charge in [0.1, 0.15) is 0 Å². The second-order valence-electron chi connectivity index (χ2n) is 10.1. The zero-order valence-electron chi connectivity index (χ0n) is 21.0. The van der Waals surface area contributed by atoms with Crippen LogP contribution in [0.25, 0.3) is 16.8 Å². The van der Waals surface area contributed by atoms with Gasteiger partial charge in [-0.25, -0.2) is 17.9 Å². The van der Waals surface area contributed by atoms with Crippen LogP contribution in [0.4, 0.5) is 11.6 Å². The van der Waals surface area contributed by atoms with Crippen LogP contribution in [-0.4, -0.2) is 65.4 Å². The van der Waals surface area contributed by atoms with E-state index in [-0.39, 0.29) is 0 Å². The average molecular weight is 517 g/mol. The van der Waals surface area contributed by atoms with Crippen molar-refractivity contribution in [1.29, 1.82) is 0 Å². The normalized spacial score (nSPS) is 18.0. The summed E-state index contributed by atoms with van der Waals surface area (Å²) in [6.45, 7) is 3.46. The molecule has 0 radical (unpaired) electrons. The fourth-order valence-electron chi connectivity index (χ4n) is 5.38. The Labute approximate surface area is 218 Å². The minimum Gasteiger partial charge on any atom is -0.323 e. The SMILES string of the molecule is CN1CCC(c2ccc(Nc3ncc4ccc(-c5cccc(S(=O)(=O)N6CCCC6)c5)n4n3)cc2)CC1. The molecule has 2 aliphatic heterocycles. The molecule has 4 aromatic rings. The smallest absolute Gasteiger partial charge is 0.245 e. The summed E-state index contributed by atoms with van der Waals surface area (Å²) < 4.78 is 29.6. The van der Waals surface area contributed by atoms with E-state index in [2.05, 4.69) is 46.5 Å². The molecule has 8 nitrogen and oxygen atoms in total. The highest BCUT2D eigenvalue weighted by atomic mass is 32.2. The fourth-order valence-corrected chi connectivity index (χ4v) is 6.94. The Morgan fingerprint density at radius 2 is 1.68 bits per heavy atom. The number of piperidine rings is 1. The molecule has 2 fully saturated rings. The summed E-state index contributed by atoms with van der Waals surface area (Å²) >= 11 is 0. The van der Waals surface area contributed by atoms with Gasteiger partial charge in [0.15, 0.2) is 0 Å². The number of sulfonamides is 1. The Hall–Kier alpha value is -3.27. The molecule has 1 N–H and O–H groups in total. The van der Waals surface area contributed by atoms with Gasteiger partial charge in [-0.15, -0.1) is 5.10 Å². The van der Waals surface area contributed by atoms with Gasteiger partial charge in [0.2, 0.25) is 16.0 Å². The highest BCUT2D eigenvalue weighted by molar-refractivity contribution is 7.89. The summed E-state index contributed by atoms with van der Waals surface area (Å²) in [6, 6.07) is 19.6. The molecule has 0 unspecified atom stereocenters. The van der Waals surface area contributed by atoms with Crippen molar-refractivity contribution in [2.45, 2.75) is 36.5 Å². The third-order valence-corrected chi connectivity index (χ3v) is 9.48. The van der Waals surface area contributed by atoms with Crippen molar-refractivity contribution in [3.05, 3.63) is 72.4 Å². The van der Waals surface area contributed by atoms with E-state index < -0.39 is 10.0 Å². The first kappa shape index (κ1) is 24.1. The molecule has 2 aromatic heterocycles. The molecule has 4 heterocycles. The first-order valence-corrected chi connectivity index (χ1v) is 14.4. The summed E-state index contributed by atoms with van der Waals surface area (Å²) in [6.07, 6.45) is 5.99. The van der Waals surface area contributed by atoms with Gasteiger partial charge in [-0.05, 0) is 93.7 Å². The minimum atomic E-state index is -3.49. The largest absolute Gasteiger partial charge is 0.323 e. The van der Waals surface area contributed by atoms with Crippen molar-refractivity contribution < 1.29 is 8.42 Å². The van der Waals surface area contributed by atoms with Crippen LogP contribution in [0.15, 0.2) is 71.8 Å². The van der Waals surface area contributed by atoms with Gasteiger partial charge in [0.25, 0.3) is 0 Å². The van der Waals surface area contributed by atoms with Gasteiger partial charge in [-0.3, -0.25) is 0 Å². The molecule has 2 aliphatic rings. The zero-order chi connectivity index (χ0) is 25.4. The lowest BCUT2D eigenvalue weighted by Gasteiger charge is -2.29. The lowest BCUT2D eigenvalue weighted by molar-refractivity contribution is 0.255. The number of hydrogen-bond donors (Lipinski definition) is 1. The molecule has 2 saturated heterocycles. The van der Waals surface area contributed by atoms with Gasteiger partial charge in [0.05, 0.1) is 22.3 Å². The van der Waals surface area contributed by atoms with E-state index in [1.807, 2.05) is 22.7 Å². The third-order valence-electron chi connectivity index (χ3n) is 7.59. The number of anilines is 2. The van der Waals surface area contributed by atoms with Gasteiger partial charge in [0, 0.05) is 24.3 Å². The number of aromatic nitrogens is 3. The van der Waals surface area contributed by atoms with Crippen molar-refractivity contribution in [3.63, 3.8) is 0 Å². The minimum absolute atomic E-state index is 0.318. The summed E-state index contributed by atoms with van der Waals surface area (Å²) in [5, 5.41) is 8.05. The second kappa shape index (κ2) is 9.89. The third kappa shape index (κ3) is 4.86. The van der Waals surface area contributed by atoms with Gasteiger partial charge >= 0.3 is 0 Å².